The third-order valence-corrected chi connectivity index (χ3v) is 4.57. The Kier molecular flexibility index (Phi) is 5.63. The summed E-state index contributed by atoms with van der Waals surface area (Å²) in [7, 11) is 2.96. The summed E-state index contributed by atoms with van der Waals surface area (Å²) in [5, 5.41) is 3.51. The number of aryl methyl sites for hydroxylation is 1. The fraction of sp³-hybridized carbons (Fsp3) is 0.238. The van der Waals surface area contributed by atoms with E-state index in [1.165, 1.54) is 31.0 Å². The zero-order valence-corrected chi connectivity index (χ0v) is 15.9. The average Bonchev–Trinajstić information content (AvgIpc) is 2.72. The molecule has 6 nitrogen and oxygen atoms in total. The van der Waals surface area contributed by atoms with E-state index in [2.05, 4.69) is 5.32 Å². The molecule has 146 valence electrons. The van der Waals surface area contributed by atoms with E-state index in [1.54, 1.807) is 30.3 Å². The van der Waals surface area contributed by atoms with Crippen molar-refractivity contribution in [2.75, 3.05) is 14.2 Å². The summed E-state index contributed by atoms with van der Waals surface area (Å²) in [6.45, 7) is 2.25. The van der Waals surface area contributed by atoms with E-state index in [0.29, 0.717) is 39.9 Å². The first-order valence-corrected chi connectivity index (χ1v) is 8.80. The van der Waals surface area contributed by atoms with Crippen LogP contribution in [0.3, 0.4) is 0 Å². The molecule has 0 radical (unpaired) electrons. The van der Waals surface area contributed by atoms with Crippen LogP contribution in [-0.2, 0) is 13.1 Å². The Morgan fingerprint density at radius 3 is 2.36 bits per heavy atom. The van der Waals surface area contributed by atoms with Gasteiger partial charge in [-0.05, 0) is 25.1 Å². The molecule has 1 aromatic heterocycles. The lowest BCUT2D eigenvalue weighted by molar-refractivity contribution is 0.0951. The number of ether oxygens (including phenoxy) is 2. The highest BCUT2D eigenvalue weighted by Crippen LogP contribution is 2.32. The van der Waals surface area contributed by atoms with Crippen molar-refractivity contribution in [1.29, 1.82) is 0 Å². The predicted molar refractivity (Wildman–Crippen MR) is 105 cm³/mol. The normalized spacial score (nSPS) is 10.7. The number of rotatable bonds is 6. The van der Waals surface area contributed by atoms with E-state index in [4.69, 9.17) is 9.47 Å². The van der Waals surface area contributed by atoms with Gasteiger partial charge in [0, 0.05) is 30.2 Å². The quantitative estimate of drug-likeness (QED) is 0.709. The number of fused-ring (bicyclic) bond motifs is 1. The lowest BCUT2D eigenvalue weighted by Gasteiger charge is -2.14. The topological polar surface area (TPSA) is 69.6 Å². The number of aromatic nitrogens is 1. The maximum Gasteiger partial charge on any atom is 0.258 e. The van der Waals surface area contributed by atoms with E-state index in [-0.39, 0.29) is 12.1 Å². The third-order valence-electron chi connectivity index (χ3n) is 4.57. The van der Waals surface area contributed by atoms with Crippen LogP contribution in [0.4, 0.5) is 4.39 Å². The third kappa shape index (κ3) is 3.55. The fourth-order valence-corrected chi connectivity index (χ4v) is 3.05. The van der Waals surface area contributed by atoms with E-state index in [9.17, 15) is 14.0 Å². The molecule has 28 heavy (non-hydrogen) atoms. The summed E-state index contributed by atoms with van der Waals surface area (Å²) in [6.07, 6.45) is 1.51. The van der Waals surface area contributed by atoms with Gasteiger partial charge in [-0.1, -0.05) is 18.2 Å². The summed E-state index contributed by atoms with van der Waals surface area (Å²) in [4.78, 5) is 25.6. The van der Waals surface area contributed by atoms with Crippen molar-refractivity contribution < 1.29 is 18.7 Å². The highest BCUT2D eigenvalue weighted by Gasteiger charge is 2.18. The van der Waals surface area contributed by atoms with Crippen molar-refractivity contribution in [3.63, 3.8) is 0 Å². The van der Waals surface area contributed by atoms with Crippen LogP contribution in [0, 0.1) is 5.82 Å². The van der Waals surface area contributed by atoms with Crippen LogP contribution in [0.25, 0.3) is 10.8 Å². The van der Waals surface area contributed by atoms with Crippen molar-refractivity contribution in [3.05, 3.63) is 69.9 Å². The van der Waals surface area contributed by atoms with Gasteiger partial charge in [0.2, 0.25) is 0 Å². The number of carbonyl (C=O) groups excluding carboxylic acids is 1. The molecule has 1 N–H and O–H groups in total. The van der Waals surface area contributed by atoms with Crippen molar-refractivity contribution in [3.8, 4) is 11.5 Å². The van der Waals surface area contributed by atoms with Crippen molar-refractivity contribution in [2.45, 2.75) is 20.0 Å². The van der Waals surface area contributed by atoms with Crippen LogP contribution in [-0.4, -0.2) is 24.7 Å². The maximum absolute atomic E-state index is 13.8. The largest absolute Gasteiger partial charge is 0.493 e. The fourth-order valence-electron chi connectivity index (χ4n) is 3.05. The molecule has 0 saturated heterocycles. The molecule has 2 aromatic carbocycles. The molecule has 3 rings (SSSR count). The summed E-state index contributed by atoms with van der Waals surface area (Å²) in [5.74, 6) is 0.00531. The maximum atomic E-state index is 13.8. The first kappa shape index (κ1) is 19.4. The lowest BCUT2D eigenvalue weighted by Crippen LogP contribution is -2.27. The summed E-state index contributed by atoms with van der Waals surface area (Å²) >= 11 is 0. The summed E-state index contributed by atoms with van der Waals surface area (Å²) < 4.78 is 25.9. The average molecular weight is 384 g/mol. The lowest BCUT2D eigenvalue weighted by atomic mass is 10.1. The van der Waals surface area contributed by atoms with E-state index < -0.39 is 11.7 Å². The van der Waals surface area contributed by atoms with Crippen LogP contribution < -0.4 is 20.3 Å². The molecule has 0 saturated carbocycles. The minimum absolute atomic E-state index is 0.0333. The molecule has 7 heteroatoms. The second kappa shape index (κ2) is 8.12. The Bertz CT molecular complexity index is 1090. The van der Waals surface area contributed by atoms with Crippen molar-refractivity contribution in [1.82, 2.24) is 9.88 Å². The Balaban J connectivity index is 2.08. The summed E-state index contributed by atoms with van der Waals surface area (Å²) in [5.41, 5.74) is 0.445. The van der Waals surface area contributed by atoms with E-state index in [1.807, 2.05) is 6.92 Å². The van der Waals surface area contributed by atoms with Gasteiger partial charge in [0.25, 0.3) is 11.5 Å². The molecule has 0 spiro atoms. The van der Waals surface area contributed by atoms with E-state index in [0.717, 1.165) is 0 Å². The number of carbonyl (C=O) groups is 1. The molecule has 0 aliphatic heterocycles. The zero-order chi connectivity index (χ0) is 20.3. The number of pyridine rings is 1. The molecule has 0 bridgehead atoms. The monoisotopic (exact) mass is 384 g/mol. The molecule has 3 aromatic rings. The van der Waals surface area contributed by atoms with Crippen molar-refractivity contribution in [2.24, 2.45) is 0 Å². The van der Waals surface area contributed by atoms with Crippen LogP contribution >= 0.6 is 0 Å². The molecule has 0 aliphatic rings. The van der Waals surface area contributed by atoms with Gasteiger partial charge in [0.1, 0.15) is 5.82 Å². The molecule has 0 unspecified atom stereocenters. The molecule has 0 atom stereocenters. The van der Waals surface area contributed by atoms with Crippen LogP contribution in [0.15, 0.2) is 47.4 Å². The predicted octanol–water partition coefficient (Wildman–Crippen LogP) is 3.11. The van der Waals surface area contributed by atoms with Gasteiger partial charge in [-0.15, -0.1) is 0 Å². The first-order chi connectivity index (χ1) is 13.5. The van der Waals surface area contributed by atoms with E-state index >= 15 is 0 Å². The number of hydrogen-bond acceptors (Lipinski definition) is 4. The number of amides is 1. The number of halogens is 1. The second-order valence-corrected chi connectivity index (χ2v) is 6.16. The number of nitrogens with one attached hydrogen (secondary N) is 1. The molecule has 0 fully saturated rings. The number of methoxy groups -OCH3 is 2. The highest BCUT2D eigenvalue weighted by molar-refractivity contribution is 6.07. The Labute approximate surface area is 161 Å². The second-order valence-electron chi connectivity index (χ2n) is 6.16. The van der Waals surface area contributed by atoms with Crippen LogP contribution in [0.1, 0.15) is 22.8 Å². The van der Waals surface area contributed by atoms with Gasteiger partial charge in [0.15, 0.2) is 11.5 Å². The SMILES string of the molecule is CCn1cc(C(=O)NCc2ccccc2F)c2cc(OC)c(OC)cc2c1=O. The van der Waals surface area contributed by atoms with Gasteiger partial charge >= 0.3 is 0 Å². The molecular weight excluding hydrogens is 363 g/mol. The Hall–Kier alpha value is -3.35. The van der Waals surface area contributed by atoms with Crippen molar-refractivity contribution >= 4 is 16.7 Å². The van der Waals surface area contributed by atoms with Gasteiger partial charge < -0.3 is 19.4 Å². The minimum Gasteiger partial charge on any atom is -0.493 e. The molecule has 1 heterocycles. The van der Waals surface area contributed by atoms with Gasteiger partial charge in [-0.25, -0.2) is 4.39 Å². The summed E-state index contributed by atoms with van der Waals surface area (Å²) in [6, 6.07) is 9.41. The standard InChI is InChI=1S/C21H21FN2O4/c1-4-24-12-16(20(25)23-11-13-7-5-6-8-17(13)22)14-9-18(27-2)19(28-3)10-15(14)21(24)26/h5-10,12H,4,11H2,1-3H3,(H,23,25). The van der Waals surface area contributed by atoms with Gasteiger partial charge in [-0.3, -0.25) is 9.59 Å². The molecule has 0 aliphatic carbocycles. The molecular formula is C21H21FN2O4. The minimum atomic E-state index is -0.414. The molecule has 1 amide bonds. The number of benzene rings is 2. The number of hydrogen-bond donors (Lipinski definition) is 1. The highest BCUT2D eigenvalue weighted by atomic mass is 19.1. The smallest absolute Gasteiger partial charge is 0.258 e. The zero-order valence-electron chi connectivity index (χ0n) is 15.9. The Morgan fingerprint density at radius 1 is 1.11 bits per heavy atom. The van der Waals surface area contributed by atoms with Crippen LogP contribution in [0.5, 0.6) is 11.5 Å². The van der Waals surface area contributed by atoms with Crippen LogP contribution in [0.2, 0.25) is 0 Å². The number of nitrogens with zero attached hydrogens (tertiary/aromatic N) is 1. The van der Waals surface area contributed by atoms with Gasteiger partial charge in [-0.2, -0.15) is 0 Å². The first-order valence-electron chi connectivity index (χ1n) is 8.80. The van der Waals surface area contributed by atoms with Gasteiger partial charge in [0.05, 0.1) is 25.2 Å². The Morgan fingerprint density at radius 2 is 1.75 bits per heavy atom.